The standard InChI is InChI=1S/C29H34N8O4/c1-5-6-11-24-30-27-25(28(38)37(19(2)41-4)29(39)35(27)16-17-40-3)36(24)18-20-12-14-21(15-13-20)22-9-7-8-10-23(22)26-31-33-34-32-26/h7-10,12-15,19H,5-6,11,16-18H2,1-4H3,(H,31,32,33,34). The van der Waals surface area contributed by atoms with E-state index in [1.54, 1.807) is 14.0 Å². The number of aromatic amines is 1. The van der Waals surface area contributed by atoms with Gasteiger partial charge in [-0.15, -0.1) is 10.2 Å². The van der Waals surface area contributed by atoms with Gasteiger partial charge in [0.2, 0.25) is 5.82 Å². The Balaban J connectivity index is 1.61. The highest BCUT2D eigenvalue weighted by Crippen LogP contribution is 2.30. The maximum atomic E-state index is 13.8. The van der Waals surface area contributed by atoms with Gasteiger partial charge in [-0.1, -0.05) is 61.9 Å². The summed E-state index contributed by atoms with van der Waals surface area (Å²) in [5.74, 6) is 1.29. The molecule has 5 aromatic rings. The van der Waals surface area contributed by atoms with Crippen LogP contribution < -0.4 is 11.2 Å². The van der Waals surface area contributed by atoms with Gasteiger partial charge in [-0.25, -0.2) is 14.3 Å². The van der Waals surface area contributed by atoms with Gasteiger partial charge in [-0.3, -0.25) is 9.36 Å². The van der Waals surface area contributed by atoms with Crippen LogP contribution in [0.1, 0.15) is 44.3 Å². The Morgan fingerprint density at radius 1 is 1.00 bits per heavy atom. The number of hydrogen-bond donors (Lipinski definition) is 1. The molecule has 1 atom stereocenters. The van der Waals surface area contributed by atoms with Crippen LogP contribution in [0.3, 0.4) is 0 Å². The number of imidazole rings is 1. The Morgan fingerprint density at radius 3 is 2.41 bits per heavy atom. The normalized spacial score (nSPS) is 12.3. The largest absolute Gasteiger partial charge is 0.383 e. The maximum absolute atomic E-state index is 13.8. The molecule has 12 heteroatoms. The highest BCUT2D eigenvalue weighted by atomic mass is 16.5. The van der Waals surface area contributed by atoms with E-state index in [2.05, 4.69) is 27.5 Å². The minimum Gasteiger partial charge on any atom is -0.383 e. The summed E-state index contributed by atoms with van der Waals surface area (Å²) in [4.78, 5) is 32.1. The van der Waals surface area contributed by atoms with Crippen LogP contribution in [0, 0.1) is 0 Å². The molecule has 5 rings (SSSR count). The molecule has 3 aromatic heterocycles. The van der Waals surface area contributed by atoms with Crippen molar-refractivity contribution in [2.75, 3.05) is 20.8 Å². The number of benzene rings is 2. The van der Waals surface area contributed by atoms with E-state index in [1.807, 2.05) is 53.1 Å². The molecule has 0 fully saturated rings. The summed E-state index contributed by atoms with van der Waals surface area (Å²) in [7, 11) is 3.05. The number of methoxy groups -OCH3 is 2. The molecule has 0 amide bonds. The average molecular weight is 559 g/mol. The first-order valence-corrected chi connectivity index (χ1v) is 13.7. The maximum Gasteiger partial charge on any atom is 0.334 e. The first-order valence-electron chi connectivity index (χ1n) is 13.7. The molecule has 0 aliphatic carbocycles. The molecule has 214 valence electrons. The molecule has 3 heterocycles. The summed E-state index contributed by atoms with van der Waals surface area (Å²) in [5.41, 5.74) is 3.70. The molecule has 1 N–H and O–H groups in total. The summed E-state index contributed by atoms with van der Waals surface area (Å²) < 4.78 is 15.3. The molecule has 0 aliphatic heterocycles. The Hall–Kier alpha value is -4.42. The Morgan fingerprint density at radius 2 is 1.76 bits per heavy atom. The molecule has 41 heavy (non-hydrogen) atoms. The Labute approximate surface area is 236 Å². The predicted molar refractivity (Wildman–Crippen MR) is 155 cm³/mol. The van der Waals surface area contributed by atoms with Crippen molar-refractivity contribution in [3.63, 3.8) is 0 Å². The van der Waals surface area contributed by atoms with Crippen molar-refractivity contribution in [1.82, 2.24) is 39.3 Å². The molecule has 1 unspecified atom stereocenters. The van der Waals surface area contributed by atoms with Crippen molar-refractivity contribution < 1.29 is 9.47 Å². The van der Waals surface area contributed by atoms with Crippen LogP contribution in [0.5, 0.6) is 0 Å². The summed E-state index contributed by atoms with van der Waals surface area (Å²) in [6, 6.07) is 16.0. The van der Waals surface area contributed by atoms with Crippen molar-refractivity contribution in [2.24, 2.45) is 0 Å². The lowest BCUT2D eigenvalue weighted by Gasteiger charge is -2.16. The van der Waals surface area contributed by atoms with E-state index in [-0.39, 0.29) is 6.54 Å². The van der Waals surface area contributed by atoms with Crippen LogP contribution in [-0.4, -0.2) is 60.1 Å². The number of aryl methyl sites for hydroxylation is 1. The second-order valence-corrected chi connectivity index (χ2v) is 9.81. The van der Waals surface area contributed by atoms with Crippen molar-refractivity contribution in [1.29, 1.82) is 0 Å². The van der Waals surface area contributed by atoms with Gasteiger partial charge in [0.25, 0.3) is 5.56 Å². The predicted octanol–water partition coefficient (Wildman–Crippen LogP) is 3.41. The fourth-order valence-electron chi connectivity index (χ4n) is 4.99. The van der Waals surface area contributed by atoms with Gasteiger partial charge in [0, 0.05) is 32.7 Å². The van der Waals surface area contributed by atoms with Crippen LogP contribution in [0.4, 0.5) is 0 Å². The van der Waals surface area contributed by atoms with Gasteiger partial charge >= 0.3 is 5.69 Å². The lowest BCUT2D eigenvalue weighted by molar-refractivity contribution is 0.0526. The van der Waals surface area contributed by atoms with Crippen LogP contribution >= 0.6 is 0 Å². The third-order valence-electron chi connectivity index (χ3n) is 7.24. The monoisotopic (exact) mass is 558 g/mol. The number of tetrazole rings is 1. The van der Waals surface area contributed by atoms with Gasteiger partial charge in [-0.2, -0.15) is 5.21 Å². The number of fused-ring (bicyclic) bond motifs is 1. The average Bonchev–Trinajstić information content (AvgIpc) is 3.65. The van der Waals surface area contributed by atoms with E-state index in [1.165, 1.54) is 11.7 Å². The van der Waals surface area contributed by atoms with Gasteiger partial charge in [0.1, 0.15) is 12.1 Å². The van der Waals surface area contributed by atoms with E-state index < -0.39 is 17.5 Å². The van der Waals surface area contributed by atoms with Crippen LogP contribution in [-0.2, 0) is 29.0 Å². The quantitative estimate of drug-likeness (QED) is 0.246. The lowest BCUT2D eigenvalue weighted by atomic mass is 9.98. The number of rotatable bonds is 12. The summed E-state index contributed by atoms with van der Waals surface area (Å²) in [5, 5.41) is 14.5. The number of nitrogens with zero attached hydrogens (tertiary/aromatic N) is 7. The number of nitrogens with one attached hydrogen (secondary N) is 1. The van der Waals surface area contributed by atoms with Gasteiger partial charge in [-0.05, 0) is 35.2 Å². The minimum atomic E-state index is -0.741. The van der Waals surface area contributed by atoms with Crippen LogP contribution in [0.25, 0.3) is 33.7 Å². The first kappa shape index (κ1) is 28.1. The fraction of sp³-hybridized carbons (Fsp3) is 0.379. The molecule has 0 saturated heterocycles. The number of unbranched alkanes of at least 4 members (excludes halogenated alkanes) is 1. The third-order valence-corrected chi connectivity index (χ3v) is 7.24. The van der Waals surface area contributed by atoms with E-state index in [0.29, 0.717) is 36.6 Å². The Bertz CT molecular complexity index is 1740. The number of ether oxygens (including phenoxy) is 2. The first-order chi connectivity index (χ1) is 20.0. The van der Waals surface area contributed by atoms with Crippen LogP contribution in [0.2, 0.25) is 0 Å². The van der Waals surface area contributed by atoms with Crippen LogP contribution in [0.15, 0.2) is 58.1 Å². The lowest BCUT2D eigenvalue weighted by Crippen LogP contribution is -2.43. The smallest absolute Gasteiger partial charge is 0.334 e. The second-order valence-electron chi connectivity index (χ2n) is 9.81. The number of hydrogen-bond acceptors (Lipinski definition) is 8. The number of aromatic nitrogens is 8. The molecule has 12 nitrogen and oxygen atoms in total. The van der Waals surface area contributed by atoms with E-state index in [9.17, 15) is 9.59 Å². The topological polar surface area (TPSA) is 135 Å². The zero-order valence-electron chi connectivity index (χ0n) is 23.7. The Kier molecular flexibility index (Phi) is 8.50. The highest BCUT2D eigenvalue weighted by molar-refractivity contribution is 5.80. The molecule has 0 bridgehead atoms. The van der Waals surface area contributed by atoms with Gasteiger partial charge in [0.05, 0.1) is 13.2 Å². The SMILES string of the molecule is CCCCc1nc2c(c(=O)n(C(C)OC)c(=O)n2CCOC)n1Cc1ccc(-c2ccccc2-c2nn[nH]n2)cc1. The van der Waals surface area contributed by atoms with Gasteiger partial charge in [0.15, 0.2) is 11.2 Å². The van der Waals surface area contributed by atoms with Gasteiger partial charge < -0.3 is 14.0 Å². The summed E-state index contributed by atoms with van der Waals surface area (Å²) in [6.07, 6.45) is 1.81. The molecule has 2 aromatic carbocycles. The van der Waals surface area contributed by atoms with E-state index in [0.717, 1.165) is 45.5 Å². The zero-order chi connectivity index (χ0) is 28.9. The van der Waals surface area contributed by atoms with Crippen molar-refractivity contribution in [3.8, 4) is 22.5 Å². The minimum absolute atomic E-state index is 0.265. The third kappa shape index (κ3) is 5.48. The molecular weight excluding hydrogens is 524 g/mol. The summed E-state index contributed by atoms with van der Waals surface area (Å²) in [6.45, 7) is 4.78. The summed E-state index contributed by atoms with van der Waals surface area (Å²) >= 11 is 0. The number of H-pyrrole nitrogens is 1. The van der Waals surface area contributed by atoms with E-state index >= 15 is 0 Å². The highest BCUT2D eigenvalue weighted by Gasteiger charge is 2.24. The van der Waals surface area contributed by atoms with E-state index in [4.69, 9.17) is 14.5 Å². The molecular formula is C29H34N8O4. The second kappa shape index (κ2) is 12.4. The van der Waals surface area contributed by atoms with Crippen molar-refractivity contribution in [2.45, 2.75) is 52.4 Å². The molecule has 0 radical (unpaired) electrons. The van der Waals surface area contributed by atoms with Crippen molar-refractivity contribution >= 4 is 11.2 Å². The molecule has 0 spiro atoms. The molecule has 0 saturated carbocycles. The fourth-order valence-corrected chi connectivity index (χ4v) is 4.99. The molecule has 0 aliphatic rings. The van der Waals surface area contributed by atoms with Crippen molar-refractivity contribution in [3.05, 3.63) is 80.8 Å². The zero-order valence-corrected chi connectivity index (χ0v) is 23.7.